The molecule has 0 atom stereocenters. The Hall–Kier alpha value is -2.63. The highest BCUT2D eigenvalue weighted by atomic mass is 32.2. The van der Waals surface area contributed by atoms with Crippen molar-refractivity contribution in [2.75, 3.05) is 39.5 Å². The van der Waals surface area contributed by atoms with Gasteiger partial charge < -0.3 is 14.0 Å². The second kappa shape index (κ2) is 11.2. The van der Waals surface area contributed by atoms with E-state index in [-0.39, 0.29) is 11.6 Å². The standard InChI is InChI=1S/C23H24F4N4O2S/c24-19-6-4-18(5-7-19)21-28-29-22(31(21)9-8-30-10-12-32-13-11-30)34-15-17-2-1-3-20(14-17)33-16-23(25,26)27/h1-7,14H,8-13,15-16H2. The van der Waals surface area contributed by atoms with E-state index in [0.29, 0.717) is 36.5 Å². The molecule has 4 rings (SSSR count). The quantitative estimate of drug-likeness (QED) is 0.318. The van der Waals surface area contributed by atoms with Crippen molar-refractivity contribution in [3.05, 3.63) is 59.9 Å². The van der Waals surface area contributed by atoms with Gasteiger partial charge in [-0.05, 0) is 42.0 Å². The Morgan fingerprint density at radius 2 is 1.76 bits per heavy atom. The number of hydrogen-bond acceptors (Lipinski definition) is 6. The molecular formula is C23H24F4N4O2S. The maximum Gasteiger partial charge on any atom is 0.422 e. The number of halogens is 4. The van der Waals surface area contributed by atoms with Crippen molar-refractivity contribution in [2.45, 2.75) is 23.6 Å². The summed E-state index contributed by atoms with van der Waals surface area (Å²) in [4.78, 5) is 2.30. The lowest BCUT2D eigenvalue weighted by molar-refractivity contribution is -0.153. The van der Waals surface area contributed by atoms with Crippen LogP contribution < -0.4 is 4.74 Å². The lowest BCUT2D eigenvalue weighted by Crippen LogP contribution is -2.38. The molecule has 182 valence electrons. The van der Waals surface area contributed by atoms with Gasteiger partial charge in [0.15, 0.2) is 17.6 Å². The fraction of sp³-hybridized carbons (Fsp3) is 0.391. The predicted molar refractivity (Wildman–Crippen MR) is 120 cm³/mol. The minimum Gasteiger partial charge on any atom is -0.484 e. The first-order valence-corrected chi connectivity index (χ1v) is 11.8. The Bertz CT molecular complexity index is 1070. The molecule has 0 radical (unpaired) electrons. The molecule has 34 heavy (non-hydrogen) atoms. The van der Waals surface area contributed by atoms with Crippen LogP contribution in [0.3, 0.4) is 0 Å². The Kier molecular flexibility index (Phi) is 8.07. The zero-order valence-electron chi connectivity index (χ0n) is 18.3. The van der Waals surface area contributed by atoms with Gasteiger partial charge in [0.05, 0.1) is 13.2 Å². The highest BCUT2D eigenvalue weighted by Gasteiger charge is 2.28. The molecule has 2 aromatic carbocycles. The molecule has 0 N–H and O–H groups in total. The molecular weight excluding hydrogens is 472 g/mol. The van der Waals surface area contributed by atoms with Crippen LogP contribution in [0, 0.1) is 5.82 Å². The fourth-order valence-corrected chi connectivity index (χ4v) is 4.42. The van der Waals surface area contributed by atoms with E-state index in [2.05, 4.69) is 15.1 Å². The topological polar surface area (TPSA) is 52.4 Å². The van der Waals surface area contributed by atoms with Gasteiger partial charge in [0.1, 0.15) is 11.6 Å². The molecule has 3 aromatic rings. The van der Waals surface area contributed by atoms with Gasteiger partial charge >= 0.3 is 6.18 Å². The maximum absolute atomic E-state index is 13.4. The Balaban J connectivity index is 1.48. The average Bonchev–Trinajstić information content (AvgIpc) is 3.24. The molecule has 2 heterocycles. The van der Waals surface area contributed by atoms with Gasteiger partial charge in [-0.15, -0.1) is 10.2 Å². The number of nitrogens with zero attached hydrogens (tertiary/aromatic N) is 4. The van der Waals surface area contributed by atoms with E-state index in [0.717, 1.165) is 30.8 Å². The number of morpholine rings is 1. The summed E-state index contributed by atoms with van der Waals surface area (Å²) in [6, 6.07) is 12.7. The van der Waals surface area contributed by atoms with E-state index in [1.807, 2.05) is 10.6 Å². The lowest BCUT2D eigenvalue weighted by Gasteiger charge is -2.27. The normalized spacial score (nSPS) is 14.9. The van der Waals surface area contributed by atoms with E-state index < -0.39 is 12.8 Å². The summed E-state index contributed by atoms with van der Waals surface area (Å²) in [5.74, 6) is 0.946. The van der Waals surface area contributed by atoms with Crippen LogP contribution in [0.4, 0.5) is 17.6 Å². The number of ether oxygens (including phenoxy) is 2. The number of rotatable bonds is 9. The summed E-state index contributed by atoms with van der Waals surface area (Å²) < 4.78 is 63.0. The minimum atomic E-state index is -4.39. The SMILES string of the molecule is Fc1ccc(-c2nnc(SCc3cccc(OCC(F)(F)F)c3)n2CCN2CCOCC2)cc1. The van der Waals surface area contributed by atoms with Crippen LogP contribution in [0.25, 0.3) is 11.4 Å². The van der Waals surface area contributed by atoms with Gasteiger partial charge in [0.25, 0.3) is 0 Å². The van der Waals surface area contributed by atoms with E-state index in [4.69, 9.17) is 9.47 Å². The molecule has 0 aliphatic carbocycles. The first kappa shape index (κ1) is 24.5. The number of alkyl halides is 3. The highest BCUT2D eigenvalue weighted by molar-refractivity contribution is 7.98. The molecule has 1 aromatic heterocycles. The third-order valence-electron chi connectivity index (χ3n) is 5.23. The molecule has 1 fully saturated rings. The third-order valence-corrected chi connectivity index (χ3v) is 6.27. The molecule has 1 saturated heterocycles. The third kappa shape index (κ3) is 6.94. The number of thioether (sulfide) groups is 1. The van der Waals surface area contributed by atoms with Crippen LogP contribution in [0.5, 0.6) is 5.75 Å². The van der Waals surface area contributed by atoms with Gasteiger partial charge in [-0.3, -0.25) is 4.90 Å². The summed E-state index contributed by atoms with van der Waals surface area (Å²) in [6.45, 7) is 3.17. The Morgan fingerprint density at radius 1 is 1.00 bits per heavy atom. The predicted octanol–water partition coefficient (Wildman–Crippen LogP) is 4.65. The number of aromatic nitrogens is 3. The van der Waals surface area contributed by atoms with Gasteiger partial charge in [-0.25, -0.2) is 4.39 Å². The lowest BCUT2D eigenvalue weighted by atomic mass is 10.2. The van der Waals surface area contributed by atoms with Crippen LogP contribution in [-0.4, -0.2) is 65.3 Å². The van der Waals surface area contributed by atoms with E-state index in [1.165, 1.54) is 30.0 Å². The van der Waals surface area contributed by atoms with Crippen molar-refractivity contribution in [2.24, 2.45) is 0 Å². The van der Waals surface area contributed by atoms with Crippen molar-refractivity contribution in [1.29, 1.82) is 0 Å². The van der Waals surface area contributed by atoms with Crippen molar-refractivity contribution >= 4 is 11.8 Å². The van der Waals surface area contributed by atoms with Crippen molar-refractivity contribution in [1.82, 2.24) is 19.7 Å². The smallest absolute Gasteiger partial charge is 0.422 e. The average molecular weight is 497 g/mol. The zero-order valence-corrected chi connectivity index (χ0v) is 19.1. The molecule has 0 amide bonds. The van der Waals surface area contributed by atoms with Gasteiger partial charge in [0, 0.05) is 37.5 Å². The van der Waals surface area contributed by atoms with Gasteiger partial charge in [0.2, 0.25) is 0 Å². The Labute approximate surface area is 198 Å². The van der Waals surface area contributed by atoms with Gasteiger partial charge in [-0.1, -0.05) is 23.9 Å². The molecule has 0 saturated carbocycles. The monoisotopic (exact) mass is 496 g/mol. The van der Waals surface area contributed by atoms with Crippen LogP contribution in [0.1, 0.15) is 5.56 Å². The molecule has 0 spiro atoms. The molecule has 0 bridgehead atoms. The summed E-state index contributed by atoms with van der Waals surface area (Å²) in [5, 5.41) is 9.36. The minimum absolute atomic E-state index is 0.163. The largest absolute Gasteiger partial charge is 0.484 e. The Morgan fingerprint density at radius 3 is 2.50 bits per heavy atom. The van der Waals surface area contributed by atoms with E-state index in [1.54, 1.807) is 24.3 Å². The number of hydrogen-bond donors (Lipinski definition) is 0. The van der Waals surface area contributed by atoms with Crippen LogP contribution in [0.15, 0.2) is 53.7 Å². The van der Waals surface area contributed by atoms with E-state index >= 15 is 0 Å². The van der Waals surface area contributed by atoms with Crippen molar-refractivity contribution in [3.63, 3.8) is 0 Å². The van der Waals surface area contributed by atoms with Crippen LogP contribution in [-0.2, 0) is 17.0 Å². The zero-order chi connectivity index (χ0) is 24.0. The summed E-state index contributed by atoms with van der Waals surface area (Å²) >= 11 is 1.43. The molecule has 1 aliphatic heterocycles. The highest BCUT2D eigenvalue weighted by Crippen LogP contribution is 2.28. The molecule has 0 unspecified atom stereocenters. The fourth-order valence-electron chi connectivity index (χ4n) is 3.51. The van der Waals surface area contributed by atoms with Crippen LogP contribution >= 0.6 is 11.8 Å². The maximum atomic E-state index is 13.4. The number of benzene rings is 2. The first-order valence-electron chi connectivity index (χ1n) is 10.8. The first-order chi connectivity index (χ1) is 16.4. The van der Waals surface area contributed by atoms with Crippen LogP contribution in [0.2, 0.25) is 0 Å². The summed E-state index contributed by atoms with van der Waals surface area (Å²) in [5.41, 5.74) is 1.56. The second-order valence-electron chi connectivity index (χ2n) is 7.76. The van der Waals surface area contributed by atoms with Crippen molar-refractivity contribution < 1.29 is 27.0 Å². The molecule has 6 nitrogen and oxygen atoms in total. The summed E-state index contributed by atoms with van der Waals surface area (Å²) in [7, 11) is 0. The van der Waals surface area contributed by atoms with Gasteiger partial charge in [-0.2, -0.15) is 13.2 Å². The second-order valence-corrected chi connectivity index (χ2v) is 8.70. The van der Waals surface area contributed by atoms with E-state index in [9.17, 15) is 17.6 Å². The van der Waals surface area contributed by atoms with Crippen molar-refractivity contribution in [3.8, 4) is 17.1 Å². The summed E-state index contributed by atoms with van der Waals surface area (Å²) in [6.07, 6.45) is -4.39. The molecule has 1 aliphatic rings. The molecule has 11 heteroatoms.